The lowest BCUT2D eigenvalue weighted by Gasteiger charge is -2.11. The summed E-state index contributed by atoms with van der Waals surface area (Å²) in [7, 11) is 0. The molecule has 0 heterocycles. The van der Waals surface area contributed by atoms with E-state index in [0.29, 0.717) is 0 Å². The predicted octanol–water partition coefficient (Wildman–Crippen LogP) is 3.48. The number of halogens is 7. The van der Waals surface area contributed by atoms with E-state index in [-0.39, 0.29) is 0 Å². The molecule has 1 nitrogen and oxygen atoms in total. The second-order valence-electron chi connectivity index (χ2n) is 2.48. The summed E-state index contributed by atoms with van der Waals surface area (Å²) in [5.41, 5.74) is -2.47. The SMILES string of the molecule is Oc1c(F)c(F)c(C(F)(F)F)c(F)c1Cl. The molecule has 0 aliphatic heterocycles. The van der Waals surface area contributed by atoms with Crippen LogP contribution in [-0.2, 0) is 6.18 Å². The Morgan fingerprint density at radius 2 is 1.40 bits per heavy atom. The molecule has 15 heavy (non-hydrogen) atoms. The van der Waals surface area contributed by atoms with Crippen LogP contribution in [0.2, 0.25) is 5.02 Å². The highest BCUT2D eigenvalue weighted by Gasteiger charge is 2.41. The zero-order valence-electron chi connectivity index (χ0n) is 6.59. The fourth-order valence-corrected chi connectivity index (χ4v) is 1.05. The van der Waals surface area contributed by atoms with Crippen LogP contribution in [0.3, 0.4) is 0 Å². The summed E-state index contributed by atoms with van der Waals surface area (Å²) in [6.45, 7) is 0. The first-order chi connectivity index (χ1) is 6.68. The second kappa shape index (κ2) is 3.48. The van der Waals surface area contributed by atoms with Crippen LogP contribution < -0.4 is 0 Å². The summed E-state index contributed by atoms with van der Waals surface area (Å²) in [4.78, 5) is 0. The Hall–Kier alpha value is -1.11. The van der Waals surface area contributed by atoms with Crippen molar-refractivity contribution < 1.29 is 31.4 Å². The highest BCUT2D eigenvalue weighted by molar-refractivity contribution is 6.32. The van der Waals surface area contributed by atoms with E-state index in [0.717, 1.165) is 0 Å². The molecule has 0 fully saturated rings. The molecule has 0 aliphatic carbocycles. The van der Waals surface area contributed by atoms with E-state index in [1.165, 1.54) is 0 Å². The van der Waals surface area contributed by atoms with Gasteiger partial charge in [-0.15, -0.1) is 0 Å². The number of phenolic OH excluding ortho intramolecular Hbond substituents is 1. The van der Waals surface area contributed by atoms with Gasteiger partial charge in [0.15, 0.2) is 17.4 Å². The molecule has 0 saturated heterocycles. The third-order valence-electron chi connectivity index (χ3n) is 1.52. The summed E-state index contributed by atoms with van der Waals surface area (Å²) < 4.78 is 74.1. The number of phenols is 1. The van der Waals surface area contributed by atoms with Crippen LogP contribution in [0.5, 0.6) is 5.75 Å². The minimum absolute atomic E-state index is 1.51. The molecular formula is C7HClF6O. The van der Waals surface area contributed by atoms with Gasteiger partial charge >= 0.3 is 6.18 Å². The van der Waals surface area contributed by atoms with Crippen LogP contribution in [0.1, 0.15) is 5.56 Å². The molecular weight excluding hydrogens is 250 g/mol. The van der Waals surface area contributed by atoms with Gasteiger partial charge in [-0.2, -0.15) is 17.6 Å². The van der Waals surface area contributed by atoms with Crippen LogP contribution in [-0.4, -0.2) is 5.11 Å². The largest absolute Gasteiger partial charge is 0.504 e. The van der Waals surface area contributed by atoms with Crippen molar-refractivity contribution >= 4 is 11.6 Å². The summed E-state index contributed by atoms with van der Waals surface area (Å²) in [6.07, 6.45) is -5.44. The Kier molecular flexibility index (Phi) is 2.77. The lowest BCUT2D eigenvalue weighted by Crippen LogP contribution is -2.13. The standard InChI is InChI=1S/C7HClF6O/c8-2-3(9)1(7(12,13)14)4(10)5(11)6(2)15/h15H. The van der Waals surface area contributed by atoms with E-state index < -0.39 is 40.0 Å². The van der Waals surface area contributed by atoms with Crippen LogP contribution in [0, 0.1) is 17.5 Å². The molecule has 0 bridgehead atoms. The maximum Gasteiger partial charge on any atom is 0.422 e. The summed E-state index contributed by atoms with van der Waals surface area (Å²) >= 11 is 4.83. The zero-order valence-corrected chi connectivity index (χ0v) is 7.35. The van der Waals surface area contributed by atoms with Crippen LogP contribution in [0.15, 0.2) is 0 Å². The number of hydrogen-bond donors (Lipinski definition) is 1. The Morgan fingerprint density at radius 1 is 0.933 bits per heavy atom. The second-order valence-corrected chi connectivity index (χ2v) is 2.86. The fourth-order valence-electron chi connectivity index (χ4n) is 0.869. The van der Waals surface area contributed by atoms with Gasteiger partial charge in [0.05, 0.1) is 0 Å². The monoisotopic (exact) mass is 250 g/mol. The lowest BCUT2D eigenvalue weighted by atomic mass is 10.1. The average molecular weight is 251 g/mol. The highest BCUT2D eigenvalue weighted by Crippen LogP contribution is 2.41. The molecule has 1 N–H and O–H groups in total. The van der Waals surface area contributed by atoms with Crippen LogP contribution in [0.25, 0.3) is 0 Å². The third-order valence-corrected chi connectivity index (χ3v) is 1.87. The Morgan fingerprint density at radius 3 is 1.80 bits per heavy atom. The summed E-state index contributed by atoms with van der Waals surface area (Å²) in [6, 6.07) is 0. The van der Waals surface area contributed by atoms with Crippen molar-refractivity contribution in [2.24, 2.45) is 0 Å². The molecule has 0 aromatic heterocycles. The molecule has 84 valence electrons. The predicted molar refractivity (Wildman–Crippen MR) is 38.0 cm³/mol. The van der Waals surface area contributed by atoms with Gasteiger partial charge in [-0.1, -0.05) is 11.6 Å². The van der Waals surface area contributed by atoms with Crippen molar-refractivity contribution in [2.45, 2.75) is 6.18 Å². The quantitative estimate of drug-likeness (QED) is 0.552. The van der Waals surface area contributed by atoms with Gasteiger partial charge in [0, 0.05) is 0 Å². The van der Waals surface area contributed by atoms with Crippen LogP contribution >= 0.6 is 11.6 Å². The van der Waals surface area contributed by atoms with Gasteiger partial charge in [0.2, 0.25) is 5.82 Å². The van der Waals surface area contributed by atoms with Gasteiger partial charge in [-0.05, 0) is 0 Å². The number of hydrogen-bond acceptors (Lipinski definition) is 1. The Bertz CT molecular complexity index is 384. The number of benzene rings is 1. The molecule has 0 spiro atoms. The van der Waals surface area contributed by atoms with E-state index in [1.54, 1.807) is 0 Å². The Balaban J connectivity index is 3.68. The highest BCUT2D eigenvalue weighted by atomic mass is 35.5. The Labute approximate surface area is 83.9 Å². The van der Waals surface area contributed by atoms with Crippen molar-refractivity contribution in [3.05, 3.63) is 28.0 Å². The van der Waals surface area contributed by atoms with Crippen molar-refractivity contribution in [3.63, 3.8) is 0 Å². The van der Waals surface area contributed by atoms with Crippen molar-refractivity contribution in [1.29, 1.82) is 0 Å². The third kappa shape index (κ3) is 1.83. The molecule has 0 aliphatic rings. The lowest BCUT2D eigenvalue weighted by molar-refractivity contribution is -0.142. The summed E-state index contributed by atoms with van der Waals surface area (Å²) in [5.74, 6) is -8.71. The molecule has 0 unspecified atom stereocenters. The van der Waals surface area contributed by atoms with Crippen molar-refractivity contribution in [3.8, 4) is 5.75 Å². The first-order valence-electron chi connectivity index (χ1n) is 3.30. The molecule has 0 amide bonds. The number of rotatable bonds is 0. The molecule has 1 aromatic rings. The fraction of sp³-hybridized carbons (Fsp3) is 0.143. The van der Waals surface area contributed by atoms with E-state index in [4.69, 9.17) is 16.7 Å². The molecule has 0 radical (unpaired) electrons. The van der Waals surface area contributed by atoms with Crippen molar-refractivity contribution in [2.75, 3.05) is 0 Å². The van der Waals surface area contributed by atoms with E-state index in [1.807, 2.05) is 0 Å². The smallest absolute Gasteiger partial charge is 0.422 e. The van der Waals surface area contributed by atoms with E-state index in [2.05, 4.69) is 0 Å². The minimum atomic E-state index is -5.44. The maximum absolute atomic E-state index is 12.8. The van der Waals surface area contributed by atoms with E-state index in [9.17, 15) is 26.3 Å². The van der Waals surface area contributed by atoms with E-state index >= 15 is 0 Å². The molecule has 8 heteroatoms. The molecule has 1 rings (SSSR count). The normalized spacial score (nSPS) is 11.9. The molecule has 0 saturated carbocycles. The minimum Gasteiger partial charge on any atom is -0.504 e. The van der Waals surface area contributed by atoms with Gasteiger partial charge in [-0.3, -0.25) is 0 Å². The zero-order chi connectivity index (χ0) is 12.0. The summed E-state index contributed by atoms with van der Waals surface area (Å²) in [5, 5.41) is 7.09. The van der Waals surface area contributed by atoms with Gasteiger partial charge in [0.1, 0.15) is 10.6 Å². The molecule has 0 atom stereocenters. The number of aromatic hydroxyl groups is 1. The van der Waals surface area contributed by atoms with Gasteiger partial charge < -0.3 is 5.11 Å². The number of alkyl halides is 3. The maximum atomic E-state index is 12.8. The molecule has 1 aromatic carbocycles. The van der Waals surface area contributed by atoms with Gasteiger partial charge in [0.25, 0.3) is 0 Å². The van der Waals surface area contributed by atoms with Gasteiger partial charge in [-0.25, -0.2) is 8.78 Å². The average Bonchev–Trinajstić information content (AvgIpc) is 2.09. The van der Waals surface area contributed by atoms with Crippen LogP contribution in [0.4, 0.5) is 26.3 Å². The topological polar surface area (TPSA) is 20.2 Å². The van der Waals surface area contributed by atoms with Crippen molar-refractivity contribution in [1.82, 2.24) is 0 Å². The first kappa shape index (κ1) is 12.0. The first-order valence-corrected chi connectivity index (χ1v) is 3.67.